The Kier molecular flexibility index (Phi) is 5.46. The number of nitrogens with one attached hydrogen (secondary N) is 3. The van der Waals surface area contributed by atoms with E-state index >= 15 is 0 Å². The van der Waals surface area contributed by atoms with Crippen molar-refractivity contribution < 1.29 is 14.7 Å². The Bertz CT molecular complexity index is 976. The van der Waals surface area contributed by atoms with Crippen LogP contribution in [0.1, 0.15) is 12.5 Å². The summed E-state index contributed by atoms with van der Waals surface area (Å²) in [5.41, 5.74) is 2.69. The molecule has 0 unspecified atom stereocenters. The van der Waals surface area contributed by atoms with Gasteiger partial charge in [0.1, 0.15) is 5.82 Å². The second-order valence-corrected chi connectivity index (χ2v) is 5.77. The summed E-state index contributed by atoms with van der Waals surface area (Å²) in [5.74, 6) is 0.409. The molecule has 0 fully saturated rings. The minimum absolute atomic E-state index is 0.160. The average molecular weight is 365 g/mol. The highest BCUT2D eigenvalue weighted by Gasteiger charge is 2.11. The summed E-state index contributed by atoms with van der Waals surface area (Å²) in [5, 5.41) is 18.3. The molecule has 0 spiro atoms. The normalized spacial score (nSPS) is 10.4. The zero-order valence-electron chi connectivity index (χ0n) is 14.7. The van der Waals surface area contributed by atoms with Gasteiger partial charge in [-0.15, -0.1) is 0 Å². The maximum Gasteiger partial charge on any atom is 0.404 e. The highest BCUT2D eigenvalue weighted by Crippen LogP contribution is 2.31. The maximum absolute atomic E-state index is 11.8. The van der Waals surface area contributed by atoms with Gasteiger partial charge in [-0.2, -0.15) is 0 Å². The predicted molar refractivity (Wildman–Crippen MR) is 103 cm³/mol. The van der Waals surface area contributed by atoms with Crippen molar-refractivity contribution in [2.24, 2.45) is 0 Å². The first-order valence-corrected chi connectivity index (χ1v) is 8.42. The van der Waals surface area contributed by atoms with E-state index in [0.29, 0.717) is 12.4 Å². The Morgan fingerprint density at radius 2 is 1.85 bits per heavy atom. The minimum Gasteiger partial charge on any atom is -0.465 e. The van der Waals surface area contributed by atoms with Gasteiger partial charge in [0.15, 0.2) is 0 Å². The largest absolute Gasteiger partial charge is 0.465 e. The molecular formula is C19H19N5O3. The molecule has 8 nitrogen and oxygen atoms in total. The first kappa shape index (κ1) is 18.1. The van der Waals surface area contributed by atoms with E-state index in [1.807, 2.05) is 31.2 Å². The van der Waals surface area contributed by atoms with Crippen molar-refractivity contribution in [3.05, 3.63) is 54.5 Å². The second-order valence-electron chi connectivity index (χ2n) is 5.77. The molecule has 0 aliphatic heterocycles. The first-order valence-electron chi connectivity index (χ1n) is 8.42. The molecule has 3 rings (SSSR count). The number of carbonyl (C=O) groups is 2. The number of carboxylic acid groups (broad SMARTS) is 1. The van der Waals surface area contributed by atoms with Crippen LogP contribution in [0, 0.1) is 0 Å². The van der Waals surface area contributed by atoms with Gasteiger partial charge in [0.25, 0.3) is 0 Å². The first-order chi connectivity index (χ1) is 13.1. The lowest BCUT2D eigenvalue weighted by Gasteiger charge is -2.13. The number of amides is 3. The fourth-order valence-corrected chi connectivity index (χ4v) is 2.80. The highest BCUT2D eigenvalue weighted by atomic mass is 16.4. The fourth-order valence-electron chi connectivity index (χ4n) is 2.80. The minimum atomic E-state index is -1.09. The van der Waals surface area contributed by atoms with Crippen LogP contribution in [0.3, 0.4) is 0 Å². The van der Waals surface area contributed by atoms with Gasteiger partial charge in [-0.3, -0.25) is 10.3 Å². The molecule has 27 heavy (non-hydrogen) atoms. The lowest BCUT2D eigenvalue weighted by Crippen LogP contribution is -2.28. The van der Waals surface area contributed by atoms with Gasteiger partial charge in [0.2, 0.25) is 0 Å². The lowest BCUT2D eigenvalue weighted by atomic mass is 9.96. The molecule has 2 heterocycles. The van der Waals surface area contributed by atoms with Crippen LogP contribution in [0.5, 0.6) is 0 Å². The van der Waals surface area contributed by atoms with Crippen LogP contribution in [-0.4, -0.2) is 33.7 Å². The van der Waals surface area contributed by atoms with Gasteiger partial charge >= 0.3 is 12.1 Å². The van der Waals surface area contributed by atoms with E-state index in [4.69, 9.17) is 5.11 Å². The summed E-state index contributed by atoms with van der Waals surface area (Å²) in [7, 11) is 0. The summed E-state index contributed by atoms with van der Waals surface area (Å²) in [4.78, 5) is 31.0. The van der Waals surface area contributed by atoms with Crippen LogP contribution >= 0.6 is 0 Å². The summed E-state index contributed by atoms with van der Waals surface area (Å²) in [6, 6.07) is 9.02. The van der Waals surface area contributed by atoms with Gasteiger partial charge in [-0.25, -0.2) is 14.6 Å². The highest BCUT2D eigenvalue weighted by molar-refractivity contribution is 6.00. The number of urea groups is 1. The standard InChI is InChI=1S/C19H19N5O3/c1-2-21-18(25)24-17-9-15-14(12-5-7-20-8-6-12)4-3-13(10-23-19(26)27)16(15)11-22-17/h3-9,11,23H,2,10H2,1H3,(H,26,27)(H2,21,22,24,25). The number of hydrogen-bond acceptors (Lipinski definition) is 4. The topological polar surface area (TPSA) is 116 Å². The Morgan fingerprint density at radius 3 is 2.56 bits per heavy atom. The fraction of sp³-hybridized carbons (Fsp3) is 0.158. The number of aromatic nitrogens is 2. The molecule has 0 radical (unpaired) electrons. The maximum atomic E-state index is 11.8. The van der Waals surface area contributed by atoms with E-state index in [0.717, 1.165) is 27.5 Å². The van der Waals surface area contributed by atoms with E-state index in [2.05, 4.69) is 25.9 Å². The van der Waals surface area contributed by atoms with Gasteiger partial charge in [-0.1, -0.05) is 12.1 Å². The number of pyridine rings is 2. The molecule has 0 saturated carbocycles. The summed E-state index contributed by atoms with van der Waals surface area (Å²) >= 11 is 0. The van der Waals surface area contributed by atoms with Crippen LogP contribution in [0.2, 0.25) is 0 Å². The average Bonchev–Trinajstić information content (AvgIpc) is 2.66. The molecule has 0 aliphatic rings. The van der Waals surface area contributed by atoms with E-state index in [9.17, 15) is 9.59 Å². The third-order valence-electron chi connectivity index (χ3n) is 3.99. The predicted octanol–water partition coefficient (Wildman–Crippen LogP) is 3.21. The molecule has 2 aromatic heterocycles. The number of rotatable bonds is 5. The number of carbonyl (C=O) groups excluding carboxylic acids is 1. The van der Waals surface area contributed by atoms with Crippen molar-refractivity contribution >= 4 is 28.7 Å². The van der Waals surface area contributed by atoms with Crippen LogP contribution in [0.4, 0.5) is 15.4 Å². The lowest BCUT2D eigenvalue weighted by molar-refractivity contribution is 0.194. The quantitative estimate of drug-likeness (QED) is 0.554. The SMILES string of the molecule is CCNC(=O)Nc1cc2c(-c3ccncc3)ccc(CNC(=O)O)c2cn1. The molecule has 1 aromatic carbocycles. The van der Waals surface area contributed by atoms with Crippen LogP contribution < -0.4 is 16.0 Å². The van der Waals surface area contributed by atoms with Crippen molar-refractivity contribution in [3.63, 3.8) is 0 Å². The Labute approximate surface area is 155 Å². The van der Waals surface area contributed by atoms with E-state index in [-0.39, 0.29) is 12.6 Å². The Morgan fingerprint density at radius 1 is 1.07 bits per heavy atom. The zero-order valence-corrected chi connectivity index (χ0v) is 14.7. The Balaban J connectivity index is 2.09. The third kappa shape index (κ3) is 4.30. The van der Waals surface area contributed by atoms with Gasteiger partial charge in [-0.05, 0) is 47.2 Å². The van der Waals surface area contributed by atoms with E-state index < -0.39 is 6.09 Å². The van der Waals surface area contributed by atoms with Crippen molar-refractivity contribution in [1.29, 1.82) is 0 Å². The van der Waals surface area contributed by atoms with E-state index in [1.165, 1.54) is 0 Å². The van der Waals surface area contributed by atoms with Crippen LogP contribution in [-0.2, 0) is 6.54 Å². The molecule has 3 amide bonds. The molecule has 3 aromatic rings. The van der Waals surface area contributed by atoms with Crippen LogP contribution in [0.15, 0.2) is 48.9 Å². The number of hydrogen-bond donors (Lipinski definition) is 4. The van der Waals surface area contributed by atoms with Crippen molar-refractivity contribution in [2.75, 3.05) is 11.9 Å². The smallest absolute Gasteiger partial charge is 0.404 e. The third-order valence-corrected chi connectivity index (χ3v) is 3.99. The molecular weight excluding hydrogens is 346 g/mol. The van der Waals surface area contributed by atoms with Crippen molar-refractivity contribution in [1.82, 2.24) is 20.6 Å². The van der Waals surface area contributed by atoms with Gasteiger partial charge < -0.3 is 15.7 Å². The summed E-state index contributed by atoms with van der Waals surface area (Å²) in [6.07, 6.45) is 3.95. The molecule has 0 atom stereocenters. The van der Waals surface area contributed by atoms with Crippen molar-refractivity contribution in [2.45, 2.75) is 13.5 Å². The molecule has 8 heteroatoms. The second kappa shape index (κ2) is 8.13. The van der Waals surface area contributed by atoms with Gasteiger partial charge in [0, 0.05) is 37.1 Å². The van der Waals surface area contributed by atoms with Crippen molar-refractivity contribution in [3.8, 4) is 11.1 Å². The number of nitrogens with zero attached hydrogens (tertiary/aromatic N) is 2. The zero-order chi connectivity index (χ0) is 19.2. The van der Waals surface area contributed by atoms with Gasteiger partial charge in [0.05, 0.1) is 0 Å². The molecule has 138 valence electrons. The van der Waals surface area contributed by atoms with E-state index in [1.54, 1.807) is 24.7 Å². The molecule has 0 aliphatic carbocycles. The van der Waals surface area contributed by atoms with Crippen LogP contribution in [0.25, 0.3) is 21.9 Å². The summed E-state index contributed by atoms with van der Waals surface area (Å²) < 4.78 is 0. The Hall–Kier alpha value is -3.68. The molecule has 4 N–H and O–H groups in total. The molecule has 0 saturated heterocycles. The monoisotopic (exact) mass is 365 g/mol. The summed E-state index contributed by atoms with van der Waals surface area (Å²) in [6.45, 7) is 2.50. The number of benzene rings is 1. The number of anilines is 1. The molecule has 0 bridgehead atoms. The number of fused-ring (bicyclic) bond motifs is 1.